The molecular weight excluding hydrogens is 407 g/mol. The summed E-state index contributed by atoms with van der Waals surface area (Å²) in [5.74, 6) is -2.68. The number of ether oxygens (including phenoxy) is 3. The molecule has 0 bridgehead atoms. The van der Waals surface area contributed by atoms with Gasteiger partial charge < -0.3 is 14.2 Å². The first-order valence-electron chi connectivity index (χ1n) is 9.18. The van der Waals surface area contributed by atoms with Crippen LogP contribution in [0.2, 0.25) is 0 Å². The van der Waals surface area contributed by atoms with Gasteiger partial charge in [-0.25, -0.2) is 4.79 Å². The third-order valence-electron chi connectivity index (χ3n) is 4.23. The maximum atomic E-state index is 13.2. The smallest absolute Gasteiger partial charge is 0.427 e. The second-order valence-corrected chi connectivity index (χ2v) is 6.78. The minimum atomic E-state index is -4.74. The topological polar surface area (TPSA) is 82.1 Å². The van der Waals surface area contributed by atoms with Crippen LogP contribution in [0.4, 0.5) is 13.2 Å². The number of nitrogens with zero attached hydrogens (tertiary/aromatic N) is 1. The zero-order chi connectivity index (χ0) is 22.7. The third kappa shape index (κ3) is 4.74. The van der Waals surface area contributed by atoms with Crippen molar-refractivity contribution in [2.24, 2.45) is 0 Å². The normalized spacial score (nSPS) is 14.4. The second kappa shape index (κ2) is 8.76. The Morgan fingerprint density at radius 1 is 1.00 bits per heavy atom. The molecule has 1 aromatic carbocycles. The van der Waals surface area contributed by atoms with Gasteiger partial charge in [-0.05, 0) is 39.8 Å². The van der Waals surface area contributed by atoms with Crippen molar-refractivity contribution in [2.75, 3.05) is 19.8 Å². The van der Waals surface area contributed by atoms with Gasteiger partial charge in [-0.1, -0.05) is 12.1 Å². The van der Waals surface area contributed by atoms with E-state index < -0.39 is 41.9 Å². The van der Waals surface area contributed by atoms with Crippen molar-refractivity contribution < 1.29 is 41.8 Å². The molecular formula is C20H22F3NO6. The van der Waals surface area contributed by atoms with E-state index in [-0.39, 0.29) is 24.5 Å². The number of benzene rings is 1. The number of hydrogen-bond donors (Lipinski definition) is 0. The fourth-order valence-electron chi connectivity index (χ4n) is 2.55. The molecule has 2 rings (SSSR count). The molecule has 0 N–H and O–H groups in total. The Kier molecular flexibility index (Phi) is 6.79. The molecule has 10 heteroatoms. The van der Waals surface area contributed by atoms with Crippen LogP contribution in [0.1, 0.15) is 43.6 Å². The highest BCUT2D eigenvalue weighted by Crippen LogP contribution is 2.41. The quantitative estimate of drug-likeness (QED) is 0.590. The van der Waals surface area contributed by atoms with Gasteiger partial charge in [0.05, 0.1) is 18.8 Å². The van der Waals surface area contributed by atoms with Crippen LogP contribution < -0.4 is 0 Å². The van der Waals surface area contributed by atoms with Crippen LogP contribution in [0.15, 0.2) is 30.0 Å². The average Bonchev–Trinajstić information content (AvgIpc) is 2.66. The number of hydrogen-bond acceptors (Lipinski definition) is 6. The molecule has 1 aliphatic rings. The van der Waals surface area contributed by atoms with Crippen LogP contribution in [-0.4, -0.2) is 54.3 Å². The van der Waals surface area contributed by atoms with Crippen molar-refractivity contribution >= 4 is 23.5 Å². The van der Waals surface area contributed by atoms with E-state index in [9.17, 15) is 27.6 Å². The highest BCUT2D eigenvalue weighted by molar-refractivity contribution is 6.13. The zero-order valence-corrected chi connectivity index (χ0v) is 17.0. The molecule has 0 unspecified atom stereocenters. The molecule has 0 saturated heterocycles. The van der Waals surface area contributed by atoms with Crippen LogP contribution in [0.3, 0.4) is 0 Å². The fourth-order valence-corrected chi connectivity index (χ4v) is 2.55. The standard InChI is InChI=1S/C20H22F3NO6/c1-5-28-14(25)11-24-15(12-7-9-13(10-8-12)18(27)29-6-2)16(17(24)26)30-19(3,4)20(21,22)23/h7-10H,5-6,11H2,1-4H3. The van der Waals surface area contributed by atoms with E-state index in [0.29, 0.717) is 5.56 Å². The van der Waals surface area contributed by atoms with Crippen molar-refractivity contribution in [1.29, 1.82) is 0 Å². The number of carbonyl (C=O) groups excluding carboxylic acids is 3. The van der Waals surface area contributed by atoms with Gasteiger partial charge in [-0.15, -0.1) is 0 Å². The summed E-state index contributed by atoms with van der Waals surface area (Å²) in [7, 11) is 0. The van der Waals surface area contributed by atoms with Gasteiger partial charge in [0, 0.05) is 5.56 Å². The van der Waals surface area contributed by atoms with E-state index >= 15 is 0 Å². The predicted octanol–water partition coefficient (Wildman–Crippen LogP) is 3.29. The van der Waals surface area contributed by atoms with Gasteiger partial charge in [-0.3, -0.25) is 14.5 Å². The Labute approximate surface area is 171 Å². The number of carbonyl (C=O) groups is 3. The lowest BCUT2D eigenvalue weighted by Crippen LogP contribution is -2.50. The maximum Gasteiger partial charge on any atom is 0.427 e. The van der Waals surface area contributed by atoms with E-state index in [2.05, 4.69) is 0 Å². The highest BCUT2D eigenvalue weighted by Gasteiger charge is 2.53. The van der Waals surface area contributed by atoms with E-state index in [1.165, 1.54) is 24.3 Å². The van der Waals surface area contributed by atoms with E-state index in [1.54, 1.807) is 13.8 Å². The number of alkyl halides is 3. The lowest BCUT2D eigenvalue weighted by molar-refractivity contribution is -0.252. The summed E-state index contributed by atoms with van der Waals surface area (Å²) < 4.78 is 54.4. The van der Waals surface area contributed by atoms with E-state index in [4.69, 9.17) is 14.2 Å². The first-order valence-corrected chi connectivity index (χ1v) is 9.18. The van der Waals surface area contributed by atoms with Gasteiger partial charge in [-0.2, -0.15) is 13.2 Å². The number of esters is 2. The molecule has 0 spiro atoms. The summed E-state index contributed by atoms with van der Waals surface area (Å²) in [6.07, 6.45) is -4.74. The van der Waals surface area contributed by atoms with Gasteiger partial charge in [0.2, 0.25) is 5.76 Å². The summed E-state index contributed by atoms with van der Waals surface area (Å²) in [6.45, 7) is 4.60. The molecule has 0 fully saturated rings. The molecule has 1 aromatic rings. The Morgan fingerprint density at radius 2 is 1.57 bits per heavy atom. The molecule has 0 atom stereocenters. The molecule has 164 valence electrons. The lowest BCUT2D eigenvalue weighted by Gasteiger charge is -2.39. The average molecular weight is 429 g/mol. The van der Waals surface area contributed by atoms with Gasteiger partial charge in [0.25, 0.3) is 5.91 Å². The lowest BCUT2D eigenvalue weighted by atomic mass is 10.0. The molecule has 1 aliphatic heterocycles. The minimum absolute atomic E-state index is 0.000729. The molecule has 0 saturated carbocycles. The van der Waals surface area contributed by atoms with Crippen molar-refractivity contribution in [2.45, 2.75) is 39.5 Å². The Balaban J connectivity index is 2.42. The third-order valence-corrected chi connectivity index (χ3v) is 4.23. The molecule has 30 heavy (non-hydrogen) atoms. The van der Waals surface area contributed by atoms with Crippen LogP contribution in [0, 0.1) is 0 Å². The Morgan fingerprint density at radius 3 is 2.07 bits per heavy atom. The fraction of sp³-hybridized carbons (Fsp3) is 0.450. The van der Waals surface area contributed by atoms with Crippen LogP contribution >= 0.6 is 0 Å². The van der Waals surface area contributed by atoms with E-state index in [0.717, 1.165) is 18.7 Å². The number of halogens is 3. The van der Waals surface area contributed by atoms with Gasteiger partial charge >= 0.3 is 18.1 Å². The summed E-state index contributed by atoms with van der Waals surface area (Å²) in [6, 6.07) is 5.66. The molecule has 0 aliphatic carbocycles. The molecule has 1 amide bonds. The van der Waals surface area contributed by atoms with Gasteiger partial charge in [0.15, 0.2) is 5.60 Å². The molecule has 0 aromatic heterocycles. The second-order valence-electron chi connectivity index (χ2n) is 6.78. The largest absolute Gasteiger partial charge is 0.471 e. The predicted molar refractivity (Wildman–Crippen MR) is 98.9 cm³/mol. The molecule has 7 nitrogen and oxygen atoms in total. The zero-order valence-electron chi connectivity index (χ0n) is 17.0. The van der Waals surface area contributed by atoms with E-state index in [1.807, 2.05) is 0 Å². The summed E-state index contributed by atoms with van der Waals surface area (Å²) in [4.78, 5) is 37.0. The molecule has 0 radical (unpaired) electrons. The van der Waals surface area contributed by atoms with Gasteiger partial charge in [0.1, 0.15) is 12.2 Å². The monoisotopic (exact) mass is 429 g/mol. The summed E-state index contributed by atoms with van der Waals surface area (Å²) in [5, 5.41) is 0. The van der Waals surface area contributed by atoms with Crippen molar-refractivity contribution in [3.05, 3.63) is 41.2 Å². The minimum Gasteiger partial charge on any atom is -0.471 e. The summed E-state index contributed by atoms with van der Waals surface area (Å²) >= 11 is 0. The van der Waals surface area contributed by atoms with Crippen molar-refractivity contribution in [3.63, 3.8) is 0 Å². The first-order chi connectivity index (χ1) is 13.9. The Hall–Kier alpha value is -3.04. The number of rotatable bonds is 8. The number of amides is 1. The highest BCUT2D eigenvalue weighted by atomic mass is 19.4. The van der Waals surface area contributed by atoms with Crippen molar-refractivity contribution in [1.82, 2.24) is 4.90 Å². The van der Waals surface area contributed by atoms with Crippen LogP contribution in [0.25, 0.3) is 5.70 Å². The first kappa shape index (κ1) is 23.2. The summed E-state index contributed by atoms with van der Waals surface area (Å²) in [5.41, 5.74) is -2.12. The van der Waals surface area contributed by atoms with Crippen LogP contribution in [0.5, 0.6) is 0 Å². The Bertz CT molecular complexity index is 858. The molecule has 1 heterocycles. The maximum absolute atomic E-state index is 13.2. The van der Waals surface area contributed by atoms with Crippen LogP contribution in [-0.2, 0) is 23.8 Å². The van der Waals surface area contributed by atoms with Crippen molar-refractivity contribution in [3.8, 4) is 0 Å². The SMILES string of the molecule is CCOC(=O)CN1C(=O)C(OC(C)(C)C(F)(F)F)=C1c1ccc(C(=O)OCC)cc1.